The molecule has 0 fully saturated rings. The Labute approximate surface area is 127 Å². The molecular formula is C16H16N2O4. The Morgan fingerprint density at radius 1 is 1.14 bits per heavy atom. The maximum atomic E-state index is 11.9. The van der Waals surface area contributed by atoms with Gasteiger partial charge in [-0.1, -0.05) is 6.07 Å². The smallest absolute Gasteiger partial charge is 0.252 e. The standard InChI is InChI=1S/C16H16N2O4/c19-15-4-2-12(10-18-15)16(20)17-6-5-11-1-3-13-14(9-11)22-8-7-21-13/h1-4,9-10H,5-8H2,(H,17,20)(H,18,19). The summed E-state index contributed by atoms with van der Waals surface area (Å²) in [5, 5.41) is 2.81. The Bertz CT molecular complexity index is 719. The minimum absolute atomic E-state index is 0.214. The molecule has 114 valence electrons. The Hall–Kier alpha value is -2.76. The van der Waals surface area contributed by atoms with Crippen LogP contribution in [0.4, 0.5) is 0 Å². The number of aromatic nitrogens is 1. The van der Waals surface area contributed by atoms with Crippen LogP contribution in [0.1, 0.15) is 15.9 Å². The Morgan fingerprint density at radius 2 is 1.95 bits per heavy atom. The summed E-state index contributed by atoms with van der Waals surface area (Å²) in [6.07, 6.45) is 2.09. The number of carbonyl (C=O) groups excluding carboxylic acids is 1. The number of amides is 1. The van der Waals surface area contributed by atoms with Crippen molar-refractivity contribution in [2.24, 2.45) is 0 Å². The van der Waals surface area contributed by atoms with Crippen molar-refractivity contribution < 1.29 is 14.3 Å². The fourth-order valence-electron chi connectivity index (χ4n) is 2.22. The number of hydrogen-bond donors (Lipinski definition) is 2. The molecule has 2 heterocycles. The van der Waals surface area contributed by atoms with Gasteiger partial charge in [0.2, 0.25) is 5.56 Å². The molecular weight excluding hydrogens is 284 g/mol. The lowest BCUT2D eigenvalue weighted by molar-refractivity contribution is 0.0953. The van der Waals surface area contributed by atoms with Gasteiger partial charge in [-0.25, -0.2) is 0 Å². The summed E-state index contributed by atoms with van der Waals surface area (Å²) in [4.78, 5) is 25.3. The van der Waals surface area contributed by atoms with E-state index in [1.54, 1.807) is 0 Å². The van der Waals surface area contributed by atoms with Crippen molar-refractivity contribution in [3.63, 3.8) is 0 Å². The predicted molar refractivity (Wildman–Crippen MR) is 80.5 cm³/mol. The number of nitrogens with one attached hydrogen (secondary N) is 2. The van der Waals surface area contributed by atoms with Crippen molar-refractivity contribution in [3.05, 3.63) is 58.0 Å². The molecule has 2 aromatic rings. The van der Waals surface area contributed by atoms with Gasteiger partial charge in [-0.2, -0.15) is 0 Å². The number of benzene rings is 1. The van der Waals surface area contributed by atoms with E-state index in [-0.39, 0.29) is 11.5 Å². The van der Waals surface area contributed by atoms with Gasteiger partial charge in [-0.05, 0) is 30.2 Å². The summed E-state index contributed by atoms with van der Waals surface area (Å²) in [5.41, 5.74) is 1.26. The first-order valence-electron chi connectivity index (χ1n) is 7.08. The third kappa shape index (κ3) is 3.28. The van der Waals surface area contributed by atoms with E-state index in [9.17, 15) is 9.59 Å². The Morgan fingerprint density at radius 3 is 2.73 bits per heavy atom. The second kappa shape index (κ2) is 6.34. The zero-order valence-corrected chi connectivity index (χ0v) is 11.9. The van der Waals surface area contributed by atoms with E-state index in [0.29, 0.717) is 31.7 Å². The molecule has 1 aromatic carbocycles. The number of aromatic amines is 1. The van der Waals surface area contributed by atoms with Crippen molar-refractivity contribution in [1.82, 2.24) is 10.3 Å². The number of H-pyrrole nitrogens is 1. The molecule has 0 radical (unpaired) electrons. The van der Waals surface area contributed by atoms with Gasteiger partial charge in [0.1, 0.15) is 13.2 Å². The van der Waals surface area contributed by atoms with Crippen LogP contribution in [0.5, 0.6) is 11.5 Å². The molecule has 1 amide bonds. The van der Waals surface area contributed by atoms with Gasteiger partial charge in [-0.3, -0.25) is 9.59 Å². The largest absolute Gasteiger partial charge is 0.486 e. The SMILES string of the molecule is O=C(NCCc1ccc2c(c1)OCCO2)c1ccc(=O)[nH]c1. The van der Waals surface area contributed by atoms with E-state index in [1.807, 2.05) is 18.2 Å². The topological polar surface area (TPSA) is 80.4 Å². The predicted octanol–water partition coefficient (Wildman–Crippen LogP) is 1.12. The van der Waals surface area contributed by atoms with Gasteiger partial charge in [0.15, 0.2) is 11.5 Å². The van der Waals surface area contributed by atoms with Crippen molar-refractivity contribution >= 4 is 5.91 Å². The maximum Gasteiger partial charge on any atom is 0.252 e. The minimum atomic E-state index is -0.229. The molecule has 1 aliphatic heterocycles. The normalized spacial score (nSPS) is 12.7. The Kier molecular flexibility index (Phi) is 4.09. The fraction of sp³-hybridized carbons (Fsp3) is 0.250. The van der Waals surface area contributed by atoms with Gasteiger partial charge in [0, 0.05) is 18.8 Å². The van der Waals surface area contributed by atoms with Crippen LogP contribution in [0.25, 0.3) is 0 Å². The number of carbonyl (C=O) groups is 1. The van der Waals surface area contributed by atoms with Gasteiger partial charge in [0.05, 0.1) is 5.56 Å². The maximum absolute atomic E-state index is 11.9. The summed E-state index contributed by atoms with van der Waals surface area (Å²) in [5.74, 6) is 1.29. The van der Waals surface area contributed by atoms with Crippen molar-refractivity contribution in [1.29, 1.82) is 0 Å². The van der Waals surface area contributed by atoms with Crippen LogP contribution < -0.4 is 20.3 Å². The number of fused-ring (bicyclic) bond motifs is 1. The fourth-order valence-corrected chi connectivity index (χ4v) is 2.22. The van der Waals surface area contributed by atoms with Crippen LogP contribution in [-0.4, -0.2) is 30.6 Å². The molecule has 0 unspecified atom stereocenters. The molecule has 6 nitrogen and oxygen atoms in total. The van der Waals surface area contributed by atoms with E-state index in [1.165, 1.54) is 18.3 Å². The molecule has 0 atom stereocenters. The van der Waals surface area contributed by atoms with E-state index in [2.05, 4.69) is 10.3 Å². The quantitative estimate of drug-likeness (QED) is 0.886. The second-order valence-corrected chi connectivity index (χ2v) is 4.93. The number of rotatable bonds is 4. The lowest BCUT2D eigenvalue weighted by Crippen LogP contribution is -2.26. The van der Waals surface area contributed by atoms with Crippen LogP contribution in [0.15, 0.2) is 41.3 Å². The third-order valence-electron chi connectivity index (χ3n) is 3.35. The molecule has 22 heavy (non-hydrogen) atoms. The van der Waals surface area contributed by atoms with Crippen LogP contribution in [-0.2, 0) is 6.42 Å². The lowest BCUT2D eigenvalue weighted by atomic mass is 10.1. The van der Waals surface area contributed by atoms with Gasteiger partial charge < -0.3 is 19.8 Å². The number of hydrogen-bond acceptors (Lipinski definition) is 4. The van der Waals surface area contributed by atoms with Crippen molar-refractivity contribution in [2.75, 3.05) is 19.8 Å². The first-order chi connectivity index (χ1) is 10.7. The molecule has 6 heteroatoms. The van der Waals surface area contributed by atoms with E-state index < -0.39 is 0 Å². The Balaban J connectivity index is 1.55. The molecule has 0 aliphatic carbocycles. The summed E-state index contributed by atoms with van der Waals surface area (Å²) in [6.45, 7) is 1.62. The first-order valence-corrected chi connectivity index (χ1v) is 7.08. The van der Waals surface area contributed by atoms with Crippen molar-refractivity contribution in [2.45, 2.75) is 6.42 Å². The molecule has 1 aliphatic rings. The zero-order valence-electron chi connectivity index (χ0n) is 11.9. The molecule has 0 bridgehead atoms. The summed E-state index contributed by atoms with van der Waals surface area (Å²) >= 11 is 0. The third-order valence-corrected chi connectivity index (χ3v) is 3.35. The highest BCUT2D eigenvalue weighted by atomic mass is 16.6. The molecule has 1 aromatic heterocycles. The van der Waals surface area contributed by atoms with Crippen LogP contribution >= 0.6 is 0 Å². The highest BCUT2D eigenvalue weighted by molar-refractivity contribution is 5.93. The molecule has 0 saturated carbocycles. The summed E-state index contributed by atoms with van der Waals surface area (Å²) in [7, 11) is 0. The highest BCUT2D eigenvalue weighted by Gasteiger charge is 2.11. The monoisotopic (exact) mass is 300 g/mol. The lowest BCUT2D eigenvalue weighted by Gasteiger charge is -2.18. The highest BCUT2D eigenvalue weighted by Crippen LogP contribution is 2.30. The molecule has 3 rings (SSSR count). The van der Waals surface area contributed by atoms with Gasteiger partial charge in [-0.15, -0.1) is 0 Å². The van der Waals surface area contributed by atoms with Crippen LogP contribution in [0, 0.1) is 0 Å². The van der Waals surface area contributed by atoms with Gasteiger partial charge >= 0.3 is 0 Å². The average molecular weight is 300 g/mol. The molecule has 0 saturated heterocycles. The number of ether oxygens (including phenoxy) is 2. The molecule has 0 spiro atoms. The second-order valence-electron chi connectivity index (χ2n) is 4.93. The minimum Gasteiger partial charge on any atom is -0.486 e. The molecule has 2 N–H and O–H groups in total. The van der Waals surface area contributed by atoms with E-state index in [4.69, 9.17) is 9.47 Å². The van der Waals surface area contributed by atoms with Crippen LogP contribution in [0.3, 0.4) is 0 Å². The first kappa shape index (κ1) is 14.2. The van der Waals surface area contributed by atoms with E-state index >= 15 is 0 Å². The summed E-state index contributed by atoms with van der Waals surface area (Å²) < 4.78 is 11.0. The summed E-state index contributed by atoms with van der Waals surface area (Å²) in [6, 6.07) is 8.60. The van der Waals surface area contributed by atoms with E-state index in [0.717, 1.165) is 17.1 Å². The average Bonchev–Trinajstić information content (AvgIpc) is 2.55. The van der Waals surface area contributed by atoms with Gasteiger partial charge in [0.25, 0.3) is 5.91 Å². The van der Waals surface area contributed by atoms with Crippen LogP contribution in [0.2, 0.25) is 0 Å². The zero-order chi connectivity index (χ0) is 15.4. The van der Waals surface area contributed by atoms with Crippen molar-refractivity contribution in [3.8, 4) is 11.5 Å². The number of pyridine rings is 1.